The van der Waals surface area contributed by atoms with Crippen LogP contribution in [-0.4, -0.2) is 29.0 Å². The predicted octanol–water partition coefficient (Wildman–Crippen LogP) is 1.94. The summed E-state index contributed by atoms with van der Waals surface area (Å²) in [5.41, 5.74) is 0.631. The number of aliphatic hydroxyl groups excluding tert-OH is 1. The van der Waals surface area contributed by atoms with Gasteiger partial charge in [0.15, 0.2) is 0 Å². The lowest BCUT2D eigenvalue weighted by molar-refractivity contribution is 0.197. The lowest BCUT2D eigenvalue weighted by Gasteiger charge is -2.25. The molecule has 0 aliphatic carbocycles. The highest BCUT2D eigenvalue weighted by Gasteiger charge is 2.20. The van der Waals surface area contributed by atoms with E-state index in [-0.39, 0.29) is 12.6 Å². The van der Waals surface area contributed by atoms with E-state index < -0.39 is 6.09 Å². The zero-order valence-electron chi connectivity index (χ0n) is 8.63. The average Bonchev–Trinajstić information content (AvgIpc) is 2.19. The molecule has 1 amide bonds. The molecule has 4 heteroatoms. The number of rotatable bonds is 4. The van der Waals surface area contributed by atoms with Gasteiger partial charge in [-0.25, -0.2) is 4.79 Å². The van der Waals surface area contributed by atoms with E-state index in [0.717, 1.165) is 0 Å². The molecule has 0 radical (unpaired) electrons. The van der Waals surface area contributed by atoms with Gasteiger partial charge in [-0.15, -0.1) is 0 Å². The summed E-state index contributed by atoms with van der Waals surface area (Å²) in [5, 5.41) is 17.9. The second kappa shape index (κ2) is 5.36. The van der Waals surface area contributed by atoms with Crippen molar-refractivity contribution in [1.29, 1.82) is 0 Å². The van der Waals surface area contributed by atoms with E-state index in [1.165, 1.54) is 4.90 Å². The number of benzene rings is 1. The first kappa shape index (κ1) is 11.5. The molecule has 0 aliphatic heterocycles. The van der Waals surface area contributed by atoms with Gasteiger partial charge >= 0.3 is 6.09 Å². The summed E-state index contributed by atoms with van der Waals surface area (Å²) in [6.45, 7) is 1.76. The summed E-state index contributed by atoms with van der Waals surface area (Å²) in [6, 6.07) is 8.66. The third kappa shape index (κ3) is 2.95. The first-order valence-electron chi connectivity index (χ1n) is 4.85. The van der Waals surface area contributed by atoms with Crippen LogP contribution in [0.5, 0.6) is 0 Å². The molecule has 2 N–H and O–H groups in total. The van der Waals surface area contributed by atoms with Gasteiger partial charge in [0.1, 0.15) is 0 Å². The number of amides is 1. The summed E-state index contributed by atoms with van der Waals surface area (Å²) in [6.07, 6.45) is -0.566. The standard InChI is InChI=1S/C11H15NO3/c1-9(7-8-13)12(11(14)15)10-5-3-2-4-6-10/h2-6,9,13H,7-8H2,1H3,(H,14,15)/t9-/m1/s1. The minimum absolute atomic E-state index is 0.0161. The van der Waals surface area contributed by atoms with Crippen LogP contribution in [0.2, 0.25) is 0 Å². The molecule has 0 fully saturated rings. The van der Waals surface area contributed by atoms with E-state index in [0.29, 0.717) is 12.1 Å². The number of nitrogens with zero attached hydrogens (tertiary/aromatic N) is 1. The van der Waals surface area contributed by atoms with Gasteiger partial charge in [0.2, 0.25) is 0 Å². The Balaban J connectivity index is 2.88. The van der Waals surface area contributed by atoms with Gasteiger partial charge in [0.25, 0.3) is 0 Å². The van der Waals surface area contributed by atoms with Crippen LogP contribution in [0.1, 0.15) is 13.3 Å². The topological polar surface area (TPSA) is 60.8 Å². The van der Waals surface area contributed by atoms with Crippen molar-refractivity contribution in [2.24, 2.45) is 0 Å². The number of carbonyl (C=O) groups is 1. The normalized spacial score (nSPS) is 12.1. The van der Waals surface area contributed by atoms with Crippen LogP contribution in [0, 0.1) is 0 Å². The third-order valence-corrected chi connectivity index (χ3v) is 2.23. The maximum atomic E-state index is 11.1. The summed E-state index contributed by atoms with van der Waals surface area (Å²) < 4.78 is 0. The molecule has 0 saturated heterocycles. The molecule has 0 aromatic heterocycles. The Kier molecular flexibility index (Phi) is 4.12. The van der Waals surface area contributed by atoms with Crippen LogP contribution in [0.25, 0.3) is 0 Å². The van der Waals surface area contributed by atoms with Gasteiger partial charge in [0.05, 0.1) is 0 Å². The summed E-state index contributed by atoms with van der Waals surface area (Å²) >= 11 is 0. The molecule has 0 unspecified atom stereocenters. The van der Waals surface area contributed by atoms with E-state index in [4.69, 9.17) is 10.2 Å². The van der Waals surface area contributed by atoms with Gasteiger partial charge in [-0.1, -0.05) is 18.2 Å². The molecular formula is C11H15NO3. The van der Waals surface area contributed by atoms with Gasteiger partial charge in [-0.05, 0) is 25.5 Å². The van der Waals surface area contributed by atoms with Crippen molar-refractivity contribution in [3.8, 4) is 0 Å². The Hall–Kier alpha value is -1.55. The fraction of sp³-hybridized carbons (Fsp3) is 0.364. The molecule has 82 valence electrons. The van der Waals surface area contributed by atoms with Crippen molar-refractivity contribution in [2.75, 3.05) is 11.5 Å². The third-order valence-electron chi connectivity index (χ3n) is 2.23. The Bertz CT molecular complexity index is 313. The summed E-state index contributed by atoms with van der Waals surface area (Å²) in [4.78, 5) is 12.3. The van der Waals surface area contributed by atoms with Gasteiger partial charge in [0, 0.05) is 18.3 Å². The minimum atomic E-state index is -0.998. The lowest BCUT2D eigenvalue weighted by atomic mass is 10.2. The Morgan fingerprint density at radius 2 is 2.00 bits per heavy atom. The molecule has 15 heavy (non-hydrogen) atoms. The maximum absolute atomic E-state index is 11.1. The smallest absolute Gasteiger partial charge is 0.412 e. The van der Waals surface area contributed by atoms with Crippen LogP contribution in [0.3, 0.4) is 0 Å². The summed E-state index contributed by atoms with van der Waals surface area (Å²) in [7, 11) is 0. The minimum Gasteiger partial charge on any atom is -0.465 e. The molecule has 0 heterocycles. The highest BCUT2D eigenvalue weighted by Crippen LogP contribution is 2.17. The molecule has 0 saturated carbocycles. The molecular weight excluding hydrogens is 194 g/mol. The molecule has 1 aromatic rings. The fourth-order valence-electron chi connectivity index (χ4n) is 1.46. The quantitative estimate of drug-likeness (QED) is 0.796. The monoisotopic (exact) mass is 209 g/mol. The van der Waals surface area contributed by atoms with Crippen LogP contribution >= 0.6 is 0 Å². The van der Waals surface area contributed by atoms with E-state index in [2.05, 4.69) is 0 Å². The first-order chi connectivity index (χ1) is 7.16. The van der Waals surface area contributed by atoms with Crippen molar-refractivity contribution < 1.29 is 15.0 Å². The van der Waals surface area contributed by atoms with E-state index in [1.54, 1.807) is 31.2 Å². The van der Waals surface area contributed by atoms with E-state index >= 15 is 0 Å². The highest BCUT2D eigenvalue weighted by molar-refractivity contribution is 5.86. The molecule has 1 atom stereocenters. The molecule has 1 aromatic carbocycles. The van der Waals surface area contributed by atoms with Crippen molar-refractivity contribution in [2.45, 2.75) is 19.4 Å². The lowest BCUT2D eigenvalue weighted by Crippen LogP contribution is -2.38. The number of hydrogen-bond acceptors (Lipinski definition) is 2. The van der Waals surface area contributed by atoms with Crippen molar-refractivity contribution in [3.05, 3.63) is 30.3 Å². The zero-order chi connectivity index (χ0) is 11.3. The molecule has 0 bridgehead atoms. The van der Waals surface area contributed by atoms with Crippen LogP contribution in [0.4, 0.5) is 10.5 Å². The number of anilines is 1. The fourth-order valence-corrected chi connectivity index (χ4v) is 1.46. The van der Waals surface area contributed by atoms with Gasteiger partial charge < -0.3 is 10.2 Å². The summed E-state index contributed by atoms with van der Waals surface area (Å²) in [5.74, 6) is 0. The van der Waals surface area contributed by atoms with Crippen molar-refractivity contribution >= 4 is 11.8 Å². The van der Waals surface area contributed by atoms with Crippen LogP contribution in [0.15, 0.2) is 30.3 Å². The van der Waals surface area contributed by atoms with Crippen molar-refractivity contribution in [1.82, 2.24) is 0 Å². The Morgan fingerprint density at radius 3 is 2.47 bits per heavy atom. The molecule has 0 aliphatic rings. The SMILES string of the molecule is C[C@H](CCO)N(C(=O)O)c1ccccc1. The second-order valence-corrected chi connectivity index (χ2v) is 3.35. The van der Waals surface area contributed by atoms with Crippen LogP contribution in [-0.2, 0) is 0 Å². The number of hydrogen-bond donors (Lipinski definition) is 2. The molecule has 0 spiro atoms. The van der Waals surface area contributed by atoms with Gasteiger partial charge in [-0.3, -0.25) is 4.90 Å². The Morgan fingerprint density at radius 1 is 1.40 bits per heavy atom. The highest BCUT2D eigenvalue weighted by atomic mass is 16.4. The Labute approximate surface area is 88.8 Å². The van der Waals surface area contributed by atoms with Crippen LogP contribution < -0.4 is 4.90 Å². The van der Waals surface area contributed by atoms with E-state index in [1.807, 2.05) is 6.07 Å². The number of carboxylic acid groups (broad SMARTS) is 1. The zero-order valence-corrected chi connectivity index (χ0v) is 8.63. The second-order valence-electron chi connectivity index (χ2n) is 3.35. The average molecular weight is 209 g/mol. The molecule has 1 rings (SSSR count). The predicted molar refractivity (Wildman–Crippen MR) is 58.1 cm³/mol. The number of aliphatic hydroxyl groups is 1. The van der Waals surface area contributed by atoms with Crippen molar-refractivity contribution in [3.63, 3.8) is 0 Å². The van der Waals surface area contributed by atoms with Gasteiger partial charge in [-0.2, -0.15) is 0 Å². The van der Waals surface area contributed by atoms with E-state index in [9.17, 15) is 4.79 Å². The molecule has 4 nitrogen and oxygen atoms in total. The largest absolute Gasteiger partial charge is 0.465 e. The maximum Gasteiger partial charge on any atom is 0.412 e. The number of para-hydroxylation sites is 1. The first-order valence-corrected chi connectivity index (χ1v) is 4.85.